The lowest BCUT2D eigenvalue weighted by Gasteiger charge is -2.07. The minimum atomic E-state index is -0.178. The highest BCUT2D eigenvalue weighted by Gasteiger charge is 2.14. The minimum absolute atomic E-state index is 0.178. The van der Waals surface area contributed by atoms with E-state index in [0.717, 1.165) is 28.3 Å². The molecule has 0 atom stereocenters. The Morgan fingerprint density at radius 2 is 1.55 bits per heavy atom. The number of hydrogen-bond donors (Lipinski definition) is 0. The molecule has 6 heteroatoms. The molecule has 166 valence electrons. The number of methoxy groups -OCH3 is 3. The standard InChI is InChI=1S/C27H24N2O4/c1-31-22-12-9-19(10-13-22)27-20(18-29(28-27)21-7-5-4-6-8-21)11-16-25(30)24-15-14-23(32-2)17-26(24)33-3/h4-18H,1-3H3/b16-11+. The van der Waals surface area contributed by atoms with Crippen LogP contribution in [0.4, 0.5) is 0 Å². The van der Waals surface area contributed by atoms with Gasteiger partial charge in [0.05, 0.1) is 38.3 Å². The van der Waals surface area contributed by atoms with Gasteiger partial charge in [-0.3, -0.25) is 4.79 Å². The Kier molecular flexibility index (Phi) is 6.55. The van der Waals surface area contributed by atoms with Crippen LogP contribution in [-0.4, -0.2) is 36.9 Å². The lowest BCUT2D eigenvalue weighted by molar-refractivity contribution is 0.104. The number of ether oxygens (including phenoxy) is 3. The molecule has 0 radical (unpaired) electrons. The van der Waals surface area contributed by atoms with Gasteiger partial charge in [-0.25, -0.2) is 4.68 Å². The Balaban J connectivity index is 1.72. The van der Waals surface area contributed by atoms with Crippen LogP contribution in [0.25, 0.3) is 23.0 Å². The second kappa shape index (κ2) is 9.87. The SMILES string of the molecule is COc1ccc(-c2nn(-c3ccccc3)cc2/C=C/C(=O)c2ccc(OC)cc2OC)cc1. The van der Waals surface area contributed by atoms with Gasteiger partial charge in [0, 0.05) is 23.4 Å². The number of ketones is 1. The van der Waals surface area contributed by atoms with E-state index in [1.165, 1.54) is 13.2 Å². The zero-order valence-corrected chi connectivity index (χ0v) is 18.7. The van der Waals surface area contributed by atoms with Gasteiger partial charge in [0.15, 0.2) is 5.78 Å². The van der Waals surface area contributed by atoms with Gasteiger partial charge in [-0.2, -0.15) is 5.10 Å². The third-order valence-electron chi connectivity index (χ3n) is 5.22. The Hall–Kier alpha value is -4.32. The van der Waals surface area contributed by atoms with Gasteiger partial charge in [-0.1, -0.05) is 18.2 Å². The Morgan fingerprint density at radius 3 is 2.21 bits per heavy atom. The number of carbonyl (C=O) groups excluding carboxylic acids is 1. The maximum absolute atomic E-state index is 13.0. The van der Waals surface area contributed by atoms with E-state index in [0.29, 0.717) is 17.1 Å². The van der Waals surface area contributed by atoms with Crippen molar-refractivity contribution >= 4 is 11.9 Å². The van der Waals surface area contributed by atoms with Crippen molar-refractivity contribution < 1.29 is 19.0 Å². The molecule has 0 saturated carbocycles. The zero-order chi connectivity index (χ0) is 23.2. The first-order valence-corrected chi connectivity index (χ1v) is 10.4. The van der Waals surface area contributed by atoms with E-state index >= 15 is 0 Å². The Morgan fingerprint density at radius 1 is 0.848 bits per heavy atom. The first kappa shape index (κ1) is 21.9. The van der Waals surface area contributed by atoms with Crippen molar-refractivity contribution in [3.63, 3.8) is 0 Å². The maximum Gasteiger partial charge on any atom is 0.189 e. The van der Waals surface area contributed by atoms with Crippen molar-refractivity contribution in [1.29, 1.82) is 0 Å². The lowest BCUT2D eigenvalue weighted by atomic mass is 10.1. The summed E-state index contributed by atoms with van der Waals surface area (Å²) in [5.41, 5.74) is 3.86. The van der Waals surface area contributed by atoms with Gasteiger partial charge < -0.3 is 14.2 Å². The predicted molar refractivity (Wildman–Crippen MR) is 128 cm³/mol. The number of para-hydroxylation sites is 1. The number of aromatic nitrogens is 2. The number of hydrogen-bond acceptors (Lipinski definition) is 5. The fraction of sp³-hybridized carbons (Fsp3) is 0.111. The van der Waals surface area contributed by atoms with Gasteiger partial charge in [0.25, 0.3) is 0 Å². The molecule has 0 saturated heterocycles. The van der Waals surface area contributed by atoms with Gasteiger partial charge in [0.2, 0.25) is 0 Å². The highest BCUT2D eigenvalue weighted by atomic mass is 16.5. The Bertz CT molecular complexity index is 1280. The average molecular weight is 440 g/mol. The zero-order valence-electron chi connectivity index (χ0n) is 18.7. The third-order valence-corrected chi connectivity index (χ3v) is 5.22. The maximum atomic E-state index is 13.0. The molecule has 0 bridgehead atoms. The van der Waals surface area contributed by atoms with Gasteiger partial charge in [0.1, 0.15) is 17.2 Å². The third kappa shape index (κ3) is 4.80. The summed E-state index contributed by atoms with van der Waals surface area (Å²) in [5, 5.41) is 4.79. The van der Waals surface area contributed by atoms with E-state index in [4.69, 9.17) is 19.3 Å². The van der Waals surface area contributed by atoms with E-state index in [1.54, 1.807) is 43.2 Å². The quantitative estimate of drug-likeness (QED) is 0.269. The summed E-state index contributed by atoms with van der Waals surface area (Å²) >= 11 is 0. The molecule has 0 N–H and O–H groups in total. The van der Waals surface area contributed by atoms with Crippen molar-refractivity contribution in [2.45, 2.75) is 0 Å². The smallest absolute Gasteiger partial charge is 0.189 e. The van der Waals surface area contributed by atoms with Gasteiger partial charge >= 0.3 is 0 Å². The number of allylic oxidation sites excluding steroid dienone is 1. The fourth-order valence-corrected chi connectivity index (χ4v) is 3.45. The van der Waals surface area contributed by atoms with Gasteiger partial charge in [-0.05, 0) is 60.7 Å². The molecule has 3 aromatic carbocycles. The van der Waals surface area contributed by atoms with E-state index in [-0.39, 0.29) is 5.78 Å². The Labute approximate surface area is 192 Å². The molecule has 4 aromatic rings. The molecule has 0 aliphatic rings. The van der Waals surface area contributed by atoms with E-state index in [2.05, 4.69) is 0 Å². The van der Waals surface area contributed by atoms with Crippen LogP contribution < -0.4 is 14.2 Å². The molecule has 1 heterocycles. The van der Waals surface area contributed by atoms with Crippen LogP contribution in [0.1, 0.15) is 15.9 Å². The molecule has 1 aromatic heterocycles. The number of rotatable bonds is 8. The van der Waals surface area contributed by atoms with Crippen LogP contribution in [-0.2, 0) is 0 Å². The number of carbonyl (C=O) groups is 1. The largest absolute Gasteiger partial charge is 0.497 e. The van der Waals surface area contributed by atoms with Crippen LogP contribution in [0.3, 0.4) is 0 Å². The van der Waals surface area contributed by atoms with Crippen molar-refractivity contribution in [3.05, 3.63) is 96.2 Å². The van der Waals surface area contributed by atoms with Crippen LogP contribution in [0, 0.1) is 0 Å². The van der Waals surface area contributed by atoms with E-state index in [1.807, 2.05) is 60.8 Å². The van der Waals surface area contributed by atoms with Crippen LogP contribution in [0.5, 0.6) is 17.2 Å². The molecule has 33 heavy (non-hydrogen) atoms. The first-order chi connectivity index (χ1) is 16.1. The second-order valence-electron chi connectivity index (χ2n) is 7.21. The molecule has 0 amide bonds. The minimum Gasteiger partial charge on any atom is -0.497 e. The normalized spacial score (nSPS) is 10.9. The summed E-state index contributed by atoms with van der Waals surface area (Å²) in [5.74, 6) is 1.67. The summed E-state index contributed by atoms with van der Waals surface area (Å²) in [7, 11) is 4.73. The van der Waals surface area contributed by atoms with E-state index < -0.39 is 0 Å². The second-order valence-corrected chi connectivity index (χ2v) is 7.21. The molecule has 4 rings (SSSR count). The van der Waals surface area contributed by atoms with Crippen molar-refractivity contribution in [3.8, 4) is 34.2 Å². The van der Waals surface area contributed by atoms with E-state index in [9.17, 15) is 4.79 Å². The van der Waals surface area contributed by atoms with Gasteiger partial charge in [-0.15, -0.1) is 0 Å². The lowest BCUT2D eigenvalue weighted by Crippen LogP contribution is -1.99. The molecule has 6 nitrogen and oxygen atoms in total. The van der Waals surface area contributed by atoms with Crippen LogP contribution in [0.15, 0.2) is 85.1 Å². The molecule has 0 aliphatic carbocycles. The van der Waals surface area contributed by atoms with Crippen molar-refractivity contribution in [1.82, 2.24) is 9.78 Å². The summed E-state index contributed by atoms with van der Waals surface area (Å²) in [4.78, 5) is 13.0. The molecule has 0 fully saturated rings. The molecule has 0 aliphatic heterocycles. The highest BCUT2D eigenvalue weighted by molar-refractivity contribution is 6.09. The van der Waals surface area contributed by atoms with Crippen molar-refractivity contribution in [2.75, 3.05) is 21.3 Å². The summed E-state index contributed by atoms with van der Waals surface area (Å²) in [6.07, 6.45) is 5.21. The molecule has 0 spiro atoms. The molecular formula is C27H24N2O4. The fourth-order valence-electron chi connectivity index (χ4n) is 3.45. The average Bonchev–Trinajstić information content (AvgIpc) is 3.31. The first-order valence-electron chi connectivity index (χ1n) is 10.4. The van der Waals surface area contributed by atoms with Crippen LogP contribution in [0.2, 0.25) is 0 Å². The molecular weight excluding hydrogens is 416 g/mol. The predicted octanol–water partition coefficient (Wildman–Crippen LogP) is 5.46. The highest BCUT2D eigenvalue weighted by Crippen LogP contribution is 2.28. The van der Waals surface area contributed by atoms with Crippen molar-refractivity contribution in [2.24, 2.45) is 0 Å². The summed E-state index contributed by atoms with van der Waals surface area (Å²) < 4.78 is 17.7. The summed E-state index contributed by atoms with van der Waals surface area (Å²) in [6, 6.07) is 22.6. The van der Waals surface area contributed by atoms with Crippen LogP contribution >= 0.6 is 0 Å². The summed E-state index contributed by atoms with van der Waals surface area (Å²) in [6.45, 7) is 0. The monoisotopic (exact) mass is 440 g/mol. The number of benzene rings is 3. The number of nitrogens with zero attached hydrogens (tertiary/aromatic N) is 2. The topological polar surface area (TPSA) is 62.6 Å². The molecule has 0 unspecified atom stereocenters.